The molecule has 0 unspecified atom stereocenters. The van der Waals surface area contributed by atoms with E-state index in [1.807, 2.05) is 65.6 Å². The van der Waals surface area contributed by atoms with E-state index in [4.69, 9.17) is 21.4 Å². The molecule has 1 aromatic heterocycles. The first-order valence-corrected chi connectivity index (χ1v) is 16.2. The number of carbonyl (C=O) groups is 2. The summed E-state index contributed by atoms with van der Waals surface area (Å²) < 4.78 is 7.95. The average Bonchev–Trinajstić information content (AvgIpc) is 3.71. The van der Waals surface area contributed by atoms with Gasteiger partial charge in [-0.2, -0.15) is 5.10 Å². The van der Waals surface area contributed by atoms with Crippen LogP contribution < -0.4 is 10.1 Å². The van der Waals surface area contributed by atoms with E-state index in [0.717, 1.165) is 59.4 Å². The number of fused-ring (bicyclic) bond motifs is 1. The van der Waals surface area contributed by atoms with Gasteiger partial charge in [0.15, 0.2) is 0 Å². The number of rotatable bonds is 10. The fourth-order valence-corrected chi connectivity index (χ4v) is 6.71. The third kappa shape index (κ3) is 6.92. The Morgan fingerprint density at radius 3 is 2.56 bits per heavy atom. The van der Waals surface area contributed by atoms with Gasteiger partial charge in [-0.25, -0.2) is 0 Å². The number of methoxy groups -OCH3 is 1. The fourth-order valence-electron chi connectivity index (χ4n) is 6.47. The molecule has 0 spiro atoms. The number of benzene rings is 3. The predicted molar refractivity (Wildman–Crippen MR) is 177 cm³/mol. The number of amides is 2. The number of hydrogen-bond acceptors (Lipinski definition) is 5. The number of carbonyl (C=O) groups excluding carboxylic acids is 2. The SMILES string of the molecule is COc1ccc(CNC(=O)c2cccc(-c3ccccc3Cl)c2)cc1-c1nn(CCCN2CCCC2)c2c1CN(C(C)=O)CC2. The first-order valence-electron chi connectivity index (χ1n) is 15.8. The summed E-state index contributed by atoms with van der Waals surface area (Å²) in [7, 11) is 1.66. The van der Waals surface area contributed by atoms with E-state index in [1.165, 1.54) is 31.6 Å². The number of likely N-dealkylation sites (tertiary alicyclic amines) is 1. The molecule has 6 rings (SSSR count). The van der Waals surface area contributed by atoms with E-state index >= 15 is 0 Å². The first-order chi connectivity index (χ1) is 21.9. The number of aromatic nitrogens is 2. The summed E-state index contributed by atoms with van der Waals surface area (Å²) in [5.41, 5.74) is 7.25. The third-order valence-corrected chi connectivity index (χ3v) is 9.23. The topological polar surface area (TPSA) is 79.7 Å². The Morgan fingerprint density at radius 1 is 0.956 bits per heavy atom. The standard InChI is InChI=1S/C36H40ClN5O3/c1-25(43)41-20-15-33-31(24-41)35(39-42(33)19-8-18-40-16-5-6-17-40)30-21-26(13-14-34(30)45-2)23-38-36(44)28-10-7-9-27(22-28)29-11-3-4-12-32(29)37/h3-4,7,9-14,21-22H,5-6,8,15-20,23-24H2,1-2H3,(H,38,44). The Morgan fingerprint density at radius 2 is 1.78 bits per heavy atom. The zero-order valence-corrected chi connectivity index (χ0v) is 26.8. The summed E-state index contributed by atoms with van der Waals surface area (Å²) in [4.78, 5) is 30.0. The Kier molecular flexibility index (Phi) is 9.52. The van der Waals surface area contributed by atoms with Crippen LogP contribution in [0.5, 0.6) is 5.75 Å². The van der Waals surface area contributed by atoms with Gasteiger partial charge in [0, 0.05) is 72.5 Å². The molecule has 0 saturated carbocycles. The molecule has 2 aliphatic rings. The molecule has 2 amide bonds. The van der Waals surface area contributed by atoms with Crippen molar-refractivity contribution < 1.29 is 14.3 Å². The second-order valence-electron chi connectivity index (χ2n) is 11.9. The minimum atomic E-state index is -0.168. The van der Waals surface area contributed by atoms with Crippen molar-refractivity contribution in [1.82, 2.24) is 24.9 Å². The molecule has 8 nitrogen and oxygen atoms in total. The molecule has 9 heteroatoms. The van der Waals surface area contributed by atoms with Gasteiger partial charge in [0.05, 0.1) is 7.11 Å². The van der Waals surface area contributed by atoms with Crippen LogP contribution in [0.1, 0.15) is 53.4 Å². The van der Waals surface area contributed by atoms with Crippen LogP contribution in [0.3, 0.4) is 0 Å². The molecular weight excluding hydrogens is 586 g/mol. The number of hydrogen-bond donors (Lipinski definition) is 1. The van der Waals surface area contributed by atoms with Gasteiger partial charge in [-0.15, -0.1) is 0 Å². The lowest BCUT2D eigenvalue weighted by Crippen LogP contribution is -2.34. The van der Waals surface area contributed by atoms with Gasteiger partial charge >= 0.3 is 0 Å². The molecule has 4 aromatic rings. The van der Waals surface area contributed by atoms with Crippen molar-refractivity contribution in [2.45, 2.75) is 52.2 Å². The second kappa shape index (κ2) is 13.9. The van der Waals surface area contributed by atoms with Crippen LogP contribution in [0, 0.1) is 0 Å². The van der Waals surface area contributed by atoms with Gasteiger partial charge in [0.1, 0.15) is 11.4 Å². The lowest BCUT2D eigenvalue weighted by atomic mass is 9.98. The minimum Gasteiger partial charge on any atom is -0.496 e. The van der Waals surface area contributed by atoms with Crippen molar-refractivity contribution in [1.29, 1.82) is 0 Å². The van der Waals surface area contributed by atoms with Crippen LogP contribution in [0.4, 0.5) is 0 Å². The maximum Gasteiger partial charge on any atom is 0.251 e. The first kappa shape index (κ1) is 30.9. The Balaban J connectivity index is 1.23. The van der Waals surface area contributed by atoms with Gasteiger partial charge < -0.3 is 19.9 Å². The molecule has 0 aliphatic carbocycles. The summed E-state index contributed by atoms with van der Waals surface area (Å²) in [6.07, 6.45) is 4.38. The van der Waals surface area contributed by atoms with E-state index < -0.39 is 0 Å². The van der Waals surface area contributed by atoms with E-state index in [1.54, 1.807) is 20.1 Å². The largest absolute Gasteiger partial charge is 0.496 e. The minimum absolute atomic E-state index is 0.0652. The van der Waals surface area contributed by atoms with Crippen LogP contribution >= 0.6 is 11.6 Å². The Bertz CT molecular complexity index is 1690. The van der Waals surface area contributed by atoms with Crippen molar-refractivity contribution in [3.05, 3.63) is 94.1 Å². The Hall–Kier alpha value is -4.14. The summed E-state index contributed by atoms with van der Waals surface area (Å²) >= 11 is 6.40. The third-order valence-electron chi connectivity index (χ3n) is 8.90. The number of aryl methyl sites for hydroxylation is 1. The van der Waals surface area contributed by atoms with Gasteiger partial charge in [-0.05, 0) is 80.4 Å². The van der Waals surface area contributed by atoms with E-state index in [2.05, 4.69) is 14.9 Å². The Labute approximate surface area is 269 Å². The lowest BCUT2D eigenvalue weighted by Gasteiger charge is -2.27. The van der Waals surface area contributed by atoms with Crippen molar-refractivity contribution >= 4 is 23.4 Å². The zero-order valence-electron chi connectivity index (χ0n) is 26.0. The second-order valence-corrected chi connectivity index (χ2v) is 12.3. The van der Waals surface area contributed by atoms with Crippen LogP contribution in [-0.4, -0.2) is 64.7 Å². The maximum absolute atomic E-state index is 13.2. The van der Waals surface area contributed by atoms with Crippen molar-refractivity contribution in [2.75, 3.05) is 33.3 Å². The maximum atomic E-state index is 13.2. The molecule has 1 fully saturated rings. The van der Waals surface area contributed by atoms with Gasteiger partial charge in [0.2, 0.25) is 5.91 Å². The number of halogens is 1. The van der Waals surface area contributed by atoms with Crippen LogP contribution in [0.15, 0.2) is 66.7 Å². The highest BCUT2D eigenvalue weighted by Crippen LogP contribution is 2.36. The highest BCUT2D eigenvalue weighted by molar-refractivity contribution is 6.33. The van der Waals surface area contributed by atoms with E-state index in [-0.39, 0.29) is 11.8 Å². The highest BCUT2D eigenvalue weighted by Gasteiger charge is 2.28. The molecule has 45 heavy (non-hydrogen) atoms. The molecular formula is C36H40ClN5O3. The molecule has 3 aromatic carbocycles. The fraction of sp³-hybridized carbons (Fsp3) is 0.361. The smallest absolute Gasteiger partial charge is 0.251 e. The highest BCUT2D eigenvalue weighted by atomic mass is 35.5. The van der Waals surface area contributed by atoms with Crippen LogP contribution in [-0.2, 0) is 30.8 Å². The summed E-state index contributed by atoms with van der Waals surface area (Å²) in [6, 6.07) is 21.0. The van der Waals surface area contributed by atoms with Crippen molar-refractivity contribution in [3.63, 3.8) is 0 Å². The average molecular weight is 626 g/mol. The molecule has 3 heterocycles. The molecule has 2 aliphatic heterocycles. The summed E-state index contributed by atoms with van der Waals surface area (Å²) in [5.74, 6) is 0.607. The normalized spacial score (nSPS) is 14.8. The lowest BCUT2D eigenvalue weighted by molar-refractivity contribution is -0.129. The van der Waals surface area contributed by atoms with Crippen LogP contribution in [0.25, 0.3) is 22.4 Å². The van der Waals surface area contributed by atoms with E-state index in [0.29, 0.717) is 36.0 Å². The van der Waals surface area contributed by atoms with E-state index in [9.17, 15) is 9.59 Å². The summed E-state index contributed by atoms with van der Waals surface area (Å²) in [6.45, 7) is 7.46. The van der Waals surface area contributed by atoms with Crippen LogP contribution in [0.2, 0.25) is 5.02 Å². The quantitative estimate of drug-likeness (QED) is 0.227. The molecule has 0 atom stereocenters. The molecule has 234 valence electrons. The zero-order chi connectivity index (χ0) is 31.3. The van der Waals surface area contributed by atoms with Gasteiger partial charge in [-0.1, -0.05) is 48.0 Å². The van der Waals surface area contributed by atoms with Crippen molar-refractivity contribution in [3.8, 4) is 28.1 Å². The van der Waals surface area contributed by atoms with Gasteiger partial charge in [-0.3, -0.25) is 14.3 Å². The number of nitrogens with zero attached hydrogens (tertiary/aromatic N) is 4. The predicted octanol–water partition coefficient (Wildman–Crippen LogP) is 6.20. The summed E-state index contributed by atoms with van der Waals surface area (Å²) in [5, 5.41) is 8.86. The number of nitrogens with one attached hydrogen (secondary N) is 1. The molecule has 1 N–H and O–H groups in total. The van der Waals surface area contributed by atoms with Gasteiger partial charge in [0.25, 0.3) is 5.91 Å². The molecule has 1 saturated heterocycles. The molecule has 0 radical (unpaired) electrons. The van der Waals surface area contributed by atoms with Crippen molar-refractivity contribution in [2.24, 2.45) is 0 Å². The molecule has 0 bridgehead atoms. The number of ether oxygens (including phenoxy) is 1. The monoisotopic (exact) mass is 625 g/mol.